The summed E-state index contributed by atoms with van der Waals surface area (Å²) in [5.41, 5.74) is 5.65. The summed E-state index contributed by atoms with van der Waals surface area (Å²) in [6.07, 6.45) is 3.65. The number of fused-ring (bicyclic) bond motifs is 2. The smallest absolute Gasteiger partial charge is 0.239 e. The first-order chi connectivity index (χ1) is 22.7. The fourth-order valence-corrected chi connectivity index (χ4v) is 6.93. The molecule has 3 N–H and O–H groups in total. The Bertz CT molecular complexity index is 1860. The maximum Gasteiger partial charge on any atom is 0.239 e. The topological polar surface area (TPSA) is 114 Å². The molecule has 246 valence electrons. The van der Waals surface area contributed by atoms with E-state index in [0.717, 1.165) is 39.3 Å². The third-order valence-electron chi connectivity index (χ3n) is 9.04. The van der Waals surface area contributed by atoms with Gasteiger partial charge in [0.25, 0.3) is 0 Å². The number of anilines is 2. The van der Waals surface area contributed by atoms with Crippen molar-refractivity contribution in [1.29, 1.82) is 0 Å². The van der Waals surface area contributed by atoms with Gasteiger partial charge in [0.05, 0.1) is 52.4 Å². The molecule has 10 nitrogen and oxygen atoms in total. The van der Waals surface area contributed by atoms with E-state index in [1.54, 1.807) is 28.4 Å². The van der Waals surface area contributed by atoms with Crippen molar-refractivity contribution in [2.75, 3.05) is 51.7 Å². The largest absolute Gasteiger partial charge is 0.497 e. The number of methoxy groups -OCH3 is 4. The Labute approximate surface area is 275 Å². The van der Waals surface area contributed by atoms with Crippen LogP contribution in [0.3, 0.4) is 0 Å². The molecular formula is C37H42N4O6. The molecule has 1 unspecified atom stereocenters. The van der Waals surface area contributed by atoms with E-state index in [0.29, 0.717) is 54.2 Å². The number of ketones is 1. The number of aromatic amines is 1. The molecule has 1 atom stereocenters. The van der Waals surface area contributed by atoms with Crippen LogP contribution in [0.2, 0.25) is 0 Å². The summed E-state index contributed by atoms with van der Waals surface area (Å²) in [5, 5.41) is 7.79. The molecule has 1 aliphatic heterocycles. The zero-order valence-electron chi connectivity index (χ0n) is 27.8. The molecule has 0 bridgehead atoms. The van der Waals surface area contributed by atoms with Crippen molar-refractivity contribution in [2.24, 2.45) is 5.41 Å². The second-order valence-corrected chi connectivity index (χ2v) is 12.8. The zero-order chi connectivity index (χ0) is 33.3. The summed E-state index contributed by atoms with van der Waals surface area (Å²) >= 11 is 0. The first-order valence-electron chi connectivity index (χ1n) is 15.8. The SMILES string of the molecule is COc1ccc2[nH]cc(CCNC(=O)CN3c4ccccc4NC4=C(C(=O)CC(C)(C)C4)C3c3ccc(OC)c(OC)c3OC)c2c1. The van der Waals surface area contributed by atoms with Crippen LogP contribution in [-0.4, -0.2) is 58.2 Å². The summed E-state index contributed by atoms with van der Waals surface area (Å²) in [4.78, 5) is 33.3. The second kappa shape index (κ2) is 12.9. The fraction of sp³-hybridized carbons (Fsp3) is 0.351. The third-order valence-corrected chi connectivity index (χ3v) is 9.04. The normalized spacial score (nSPS) is 16.9. The molecule has 0 saturated carbocycles. The molecule has 1 aliphatic carbocycles. The van der Waals surface area contributed by atoms with Gasteiger partial charge < -0.3 is 39.5 Å². The van der Waals surface area contributed by atoms with Gasteiger partial charge in [0.1, 0.15) is 5.75 Å². The Balaban J connectivity index is 1.39. The highest BCUT2D eigenvalue weighted by Gasteiger charge is 2.43. The molecule has 0 spiro atoms. The quantitative estimate of drug-likeness (QED) is 0.189. The van der Waals surface area contributed by atoms with Gasteiger partial charge in [0.15, 0.2) is 17.3 Å². The lowest BCUT2D eigenvalue weighted by Crippen LogP contribution is -2.42. The van der Waals surface area contributed by atoms with Crippen LogP contribution in [0.4, 0.5) is 11.4 Å². The summed E-state index contributed by atoms with van der Waals surface area (Å²) in [6.45, 7) is 4.64. The minimum Gasteiger partial charge on any atom is -0.497 e. The Kier molecular flexibility index (Phi) is 8.77. The number of H-pyrrole nitrogens is 1. The van der Waals surface area contributed by atoms with Gasteiger partial charge in [0.2, 0.25) is 11.7 Å². The number of hydrogen-bond donors (Lipinski definition) is 3. The molecule has 1 aromatic heterocycles. The number of amides is 1. The maximum atomic E-state index is 14.2. The zero-order valence-corrected chi connectivity index (χ0v) is 27.8. The van der Waals surface area contributed by atoms with Gasteiger partial charge in [-0.2, -0.15) is 0 Å². The van der Waals surface area contributed by atoms with Gasteiger partial charge in [-0.25, -0.2) is 0 Å². The second-order valence-electron chi connectivity index (χ2n) is 12.8. The Morgan fingerprint density at radius 1 is 0.957 bits per heavy atom. The first kappa shape index (κ1) is 31.8. The number of aromatic nitrogens is 1. The van der Waals surface area contributed by atoms with Crippen LogP contribution in [0.1, 0.15) is 43.9 Å². The fourth-order valence-electron chi connectivity index (χ4n) is 6.93. The highest BCUT2D eigenvalue weighted by Crippen LogP contribution is 2.52. The molecule has 47 heavy (non-hydrogen) atoms. The van der Waals surface area contributed by atoms with E-state index in [-0.39, 0.29) is 23.7 Å². The lowest BCUT2D eigenvalue weighted by Gasteiger charge is -2.38. The monoisotopic (exact) mass is 638 g/mol. The highest BCUT2D eigenvalue weighted by molar-refractivity contribution is 6.02. The van der Waals surface area contributed by atoms with Crippen molar-refractivity contribution in [2.45, 2.75) is 39.2 Å². The summed E-state index contributed by atoms with van der Waals surface area (Å²) in [5.74, 6) is 2.00. The highest BCUT2D eigenvalue weighted by atomic mass is 16.5. The molecule has 0 saturated heterocycles. The van der Waals surface area contributed by atoms with Gasteiger partial charge in [-0.05, 0) is 66.3 Å². The predicted octanol–water partition coefficient (Wildman–Crippen LogP) is 6.18. The standard InChI is InChI=1S/C37H42N4O6/c1-37(2)18-28-33(30(42)19-37)34(24-12-14-31(45-4)36(47-6)35(24)46-5)41(29-10-8-7-9-27(29)40-28)21-32(43)38-16-15-22-20-39-26-13-11-23(44-3)17-25(22)26/h7-14,17,20,34,39-40H,15-16,18-19,21H2,1-6H3,(H,38,43). The van der Waals surface area contributed by atoms with Crippen molar-refractivity contribution < 1.29 is 28.5 Å². The van der Waals surface area contributed by atoms with Crippen LogP contribution in [0.25, 0.3) is 10.9 Å². The number of para-hydroxylation sites is 2. The van der Waals surface area contributed by atoms with Crippen LogP contribution in [0.15, 0.2) is 72.1 Å². The maximum absolute atomic E-state index is 14.2. The lowest BCUT2D eigenvalue weighted by molar-refractivity contribution is -0.120. The van der Waals surface area contributed by atoms with E-state index in [1.807, 2.05) is 65.7 Å². The molecule has 4 aromatic rings. The molecule has 6 rings (SSSR count). The molecule has 3 aromatic carbocycles. The Morgan fingerprint density at radius 3 is 2.49 bits per heavy atom. The van der Waals surface area contributed by atoms with Crippen molar-refractivity contribution in [3.05, 3.63) is 83.2 Å². The van der Waals surface area contributed by atoms with Crippen LogP contribution in [-0.2, 0) is 16.0 Å². The molecular weight excluding hydrogens is 596 g/mol. The molecule has 10 heteroatoms. The summed E-state index contributed by atoms with van der Waals surface area (Å²) in [6, 6.07) is 16.8. The van der Waals surface area contributed by atoms with E-state index in [4.69, 9.17) is 18.9 Å². The average molecular weight is 639 g/mol. The number of ether oxygens (including phenoxy) is 4. The number of nitrogens with zero attached hydrogens (tertiary/aromatic N) is 1. The summed E-state index contributed by atoms with van der Waals surface area (Å²) < 4.78 is 22.7. The van der Waals surface area contributed by atoms with Crippen LogP contribution < -0.4 is 34.5 Å². The lowest BCUT2D eigenvalue weighted by atomic mass is 9.73. The molecule has 0 radical (unpaired) electrons. The van der Waals surface area contributed by atoms with Gasteiger partial charge in [-0.1, -0.05) is 26.0 Å². The summed E-state index contributed by atoms with van der Waals surface area (Å²) in [7, 11) is 6.35. The molecule has 2 aliphatic rings. The average Bonchev–Trinajstić information content (AvgIpc) is 3.40. The number of benzene rings is 3. The number of Topliss-reactive ketones (excluding diaryl/α,β-unsaturated/α-hetero) is 1. The Morgan fingerprint density at radius 2 is 1.74 bits per heavy atom. The van der Waals surface area contributed by atoms with E-state index in [2.05, 4.69) is 29.5 Å². The van der Waals surface area contributed by atoms with Gasteiger partial charge in [0, 0.05) is 46.9 Å². The van der Waals surface area contributed by atoms with Crippen molar-refractivity contribution in [3.63, 3.8) is 0 Å². The first-order valence-corrected chi connectivity index (χ1v) is 15.8. The number of hydrogen-bond acceptors (Lipinski definition) is 8. The number of carbonyl (C=O) groups is 2. The van der Waals surface area contributed by atoms with E-state index in [1.165, 1.54) is 0 Å². The van der Waals surface area contributed by atoms with E-state index >= 15 is 0 Å². The molecule has 2 heterocycles. The van der Waals surface area contributed by atoms with E-state index < -0.39 is 6.04 Å². The van der Waals surface area contributed by atoms with E-state index in [9.17, 15) is 9.59 Å². The number of rotatable bonds is 10. The van der Waals surface area contributed by atoms with Crippen LogP contribution >= 0.6 is 0 Å². The third kappa shape index (κ3) is 6.07. The van der Waals surface area contributed by atoms with Crippen molar-refractivity contribution >= 4 is 34.0 Å². The number of allylic oxidation sites excluding steroid dienone is 1. The van der Waals surface area contributed by atoms with Gasteiger partial charge in [-0.15, -0.1) is 0 Å². The van der Waals surface area contributed by atoms with Crippen LogP contribution in [0.5, 0.6) is 23.0 Å². The van der Waals surface area contributed by atoms with Crippen LogP contribution in [0, 0.1) is 5.41 Å². The predicted molar refractivity (Wildman–Crippen MR) is 183 cm³/mol. The van der Waals surface area contributed by atoms with Gasteiger partial charge >= 0.3 is 0 Å². The number of nitrogens with one attached hydrogen (secondary N) is 3. The van der Waals surface area contributed by atoms with Crippen molar-refractivity contribution in [1.82, 2.24) is 10.3 Å². The molecule has 0 fully saturated rings. The number of carbonyl (C=O) groups excluding carboxylic acids is 2. The molecule has 1 amide bonds. The Hall–Kier alpha value is -5.12. The minimum absolute atomic E-state index is 0.00395. The van der Waals surface area contributed by atoms with Gasteiger partial charge in [-0.3, -0.25) is 9.59 Å². The van der Waals surface area contributed by atoms with Crippen molar-refractivity contribution in [3.8, 4) is 23.0 Å². The minimum atomic E-state index is -0.647.